The van der Waals surface area contributed by atoms with Crippen LogP contribution in [0.15, 0.2) is 0 Å². The van der Waals surface area contributed by atoms with Gasteiger partial charge in [0.2, 0.25) is 0 Å². The second-order valence-corrected chi connectivity index (χ2v) is 13.1. The van der Waals surface area contributed by atoms with Gasteiger partial charge in [0.25, 0.3) is 0 Å². The van der Waals surface area contributed by atoms with E-state index in [1.54, 1.807) is 0 Å². The van der Waals surface area contributed by atoms with Crippen molar-refractivity contribution in [1.29, 1.82) is 0 Å². The quantitative estimate of drug-likeness (QED) is 0.287. The van der Waals surface area contributed by atoms with Crippen molar-refractivity contribution in [1.82, 2.24) is 0 Å². The normalized spacial score (nSPS) is 28.4. The Morgan fingerprint density at radius 3 is 1.45 bits per heavy atom. The molecule has 0 aromatic carbocycles. The van der Waals surface area contributed by atoms with Gasteiger partial charge in [0.15, 0.2) is 0 Å². The van der Waals surface area contributed by atoms with Gasteiger partial charge in [0, 0.05) is 0 Å². The Labute approximate surface area is 247 Å². The third kappa shape index (κ3) is 19.1. The number of hydrogen-bond donors (Lipinski definition) is 0. The average molecular weight is 541 g/mol. The SMILES string of the molecule is CC.CC.CCC.CCC.CCC(CC1(C)CCC(C)CC1)C1CCC(CC)C1(C)CC.CCCC(C)C. The Kier molecular flexibility index (Phi) is 33.8. The second kappa shape index (κ2) is 28.5. The van der Waals surface area contributed by atoms with Gasteiger partial charge in [0.05, 0.1) is 0 Å². The zero-order valence-electron chi connectivity index (χ0n) is 30.8. The summed E-state index contributed by atoms with van der Waals surface area (Å²) in [5, 5.41) is 0. The molecule has 2 saturated carbocycles. The lowest BCUT2D eigenvalue weighted by Gasteiger charge is -2.45. The molecule has 0 saturated heterocycles. The molecule has 0 nitrogen and oxygen atoms in total. The standard InChI is InChI=1S/C22H42.C6H14.2C3H8.2C2H6/c1-7-18(16-21(5)14-12-17(4)13-15-21)20-11-10-19(8-2)22(20,6)9-3;1-4-5-6(2)3;2*1-3-2;2*1-2/h17-20H,7-16H2,1-6H3;6H,4-5H2,1-3H3;2*3H2,1-2H3;2*1-2H3. The summed E-state index contributed by atoms with van der Waals surface area (Å²) in [6.45, 7) is 38.3. The van der Waals surface area contributed by atoms with Gasteiger partial charge in [-0.1, -0.05) is 175 Å². The molecule has 0 N–H and O–H groups in total. The van der Waals surface area contributed by atoms with Crippen LogP contribution in [0.5, 0.6) is 0 Å². The van der Waals surface area contributed by atoms with Crippen LogP contribution in [0.1, 0.15) is 208 Å². The summed E-state index contributed by atoms with van der Waals surface area (Å²) in [6.07, 6.45) is 19.8. The van der Waals surface area contributed by atoms with Crippen LogP contribution in [0.2, 0.25) is 0 Å². The van der Waals surface area contributed by atoms with Crippen molar-refractivity contribution in [3.8, 4) is 0 Å². The Balaban J connectivity index is -0.000000300. The average Bonchev–Trinajstić information content (AvgIpc) is 3.24. The van der Waals surface area contributed by atoms with Gasteiger partial charge in [-0.3, -0.25) is 0 Å². The molecule has 0 spiro atoms. The summed E-state index contributed by atoms with van der Waals surface area (Å²) in [6, 6.07) is 0. The minimum Gasteiger partial charge on any atom is -0.0683 e. The van der Waals surface area contributed by atoms with Crippen molar-refractivity contribution in [2.75, 3.05) is 0 Å². The minimum absolute atomic E-state index is 0.619. The lowest BCUT2D eigenvalue weighted by atomic mass is 9.60. The summed E-state index contributed by atoms with van der Waals surface area (Å²) < 4.78 is 0. The van der Waals surface area contributed by atoms with Crippen LogP contribution < -0.4 is 0 Å². The number of rotatable bonds is 8. The topological polar surface area (TPSA) is 0 Å². The predicted octanol–water partition coefficient (Wildman–Crippen LogP) is 14.8. The zero-order chi connectivity index (χ0) is 30.8. The third-order valence-electron chi connectivity index (χ3n) is 9.06. The molecule has 236 valence electrons. The van der Waals surface area contributed by atoms with Gasteiger partial charge < -0.3 is 0 Å². The molecule has 0 bridgehead atoms. The lowest BCUT2D eigenvalue weighted by molar-refractivity contribution is 0.0524. The van der Waals surface area contributed by atoms with Crippen molar-refractivity contribution < 1.29 is 0 Å². The van der Waals surface area contributed by atoms with E-state index >= 15 is 0 Å². The van der Waals surface area contributed by atoms with Gasteiger partial charge >= 0.3 is 0 Å². The van der Waals surface area contributed by atoms with E-state index in [9.17, 15) is 0 Å². The van der Waals surface area contributed by atoms with Crippen LogP contribution in [-0.2, 0) is 0 Å². The number of hydrogen-bond acceptors (Lipinski definition) is 0. The molecule has 2 aliphatic rings. The molecular formula is C38H84. The van der Waals surface area contributed by atoms with E-state index in [4.69, 9.17) is 0 Å². The van der Waals surface area contributed by atoms with Crippen molar-refractivity contribution in [2.24, 2.45) is 40.4 Å². The Hall–Kier alpha value is 0. The molecule has 4 atom stereocenters. The fraction of sp³-hybridized carbons (Fsp3) is 1.00. The van der Waals surface area contributed by atoms with Crippen molar-refractivity contribution in [3.05, 3.63) is 0 Å². The maximum absolute atomic E-state index is 2.63. The largest absolute Gasteiger partial charge is 0.0683 e. The van der Waals surface area contributed by atoms with Crippen LogP contribution in [0.3, 0.4) is 0 Å². The first-order valence-electron chi connectivity index (χ1n) is 18.0. The van der Waals surface area contributed by atoms with E-state index in [1.807, 2.05) is 27.7 Å². The predicted molar refractivity (Wildman–Crippen MR) is 183 cm³/mol. The molecule has 0 aromatic rings. The molecule has 0 aromatic heterocycles. The molecule has 4 unspecified atom stereocenters. The first-order valence-corrected chi connectivity index (χ1v) is 18.0. The Bertz CT molecular complexity index is 425. The first-order chi connectivity index (χ1) is 18.0. The molecule has 0 heteroatoms. The van der Waals surface area contributed by atoms with Crippen LogP contribution in [0, 0.1) is 40.4 Å². The molecule has 2 fully saturated rings. The van der Waals surface area contributed by atoms with Gasteiger partial charge in [-0.25, -0.2) is 0 Å². The highest BCUT2D eigenvalue weighted by Gasteiger charge is 2.48. The smallest absolute Gasteiger partial charge is 0.0269 e. The van der Waals surface area contributed by atoms with E-state index in [0.29, 0.717) is 10.8 Å². The van der Waals surface area contributed by atoms with Crippen molar-refractivity contribution in [2.45, 2.75) is 208 Å². The maximum atomic E-state index is 2.63. The summed E-state index contributed by atoms with van der Waals surface area (Å²) in [5.41, 5.74) is 1.26. The lowest BCUT2D eigenvalue weighted by Crippen LogP contribution is -2.36. The van der Waals surface area contributed by atoms with Gasteiger partial charge in [-0.05, 0) is 72.5 Å². The molecule has 0 radical (unpaired) electrons. The Morgan fingerprint density at radius 1 is 0.711 bits per heavy atom. The van der Waals surface area contributed by atoms with Gasteiger partial charge in [-0.15, -0.1) is 0 Å². The van der Waals surface area contributed by atoms with E-state index in [0.717, 1.165) is 29.6 Å². The maximum Gasteiger partial charge on any atom is -0.0269 e. The van der Waals surface area contributed by atoms with E-state index in [-0.39, 0.29) is 0 Å². The molecule has 2 aliphatic carbocycles. The van der Waals surface area contributed by atoms with Crippen LogP contribution in [0.4, 0.5) is 0 Å². The Morgan fingerprint density at radius 2 is 1.16 bits per heavy atom. The second-order valence-electron chi connectivity index (χ2n) is 13.1. The molecule has 2 rings (SSSR count). The van der Waals surface area contributed by atoms with Gasteiger partial charge in [-0.2, -0.15) is 0 Å². The summed E-state index contributed by atoms with van der Waals surface area (Å²) in [5.74, 6) is 4.82. The summed E-state index contributed by atoms with van der Waals surface area (Å²) in [7, 11) is 0. The minimum atomic E-state index is 0.619. The molecule has 0 aliphatic heterocycles. The van der Waals surface area contributed by atoms with Crippen LogP contribution in [-0.4, -0.2) is 0 Å². The zero-order valence-corrected chi connectivity index (χ0v) is 30.8. The summed E-state index contributed by atoms with van der Waals surface area (Å²) >= 11 is 0. The van der Waals surface area contributed by atoms with E-state index < -0.39 is 0 Å². The molecule has 0 amide bonds. The van der Waals surface area contributed by atoms with Crippen LogP contribution >= 0.6 is 0 Å². The summed E-state index contributed by atoms with van der Waals surface area (Å²) in [4.78, 5) is 0. The highest BCUT2D eigenvalue weighted by Crippen LogP contribution is 2.57. The first kappa shape index (κ1) is 45.0. The fourth-order valence-electron chi connectivity index (χ4n) is 6.78. The van der Waals surface area contributed by atoms with Crippen molar-refractivity contribution >= 4 is 0 Å². The molecule has 38 heavy (non-hydrogen) atoms. The molecular weight excluding hydrogens is 456 g/mol. The van der Waals surface area contributed by atoms with Crippen LogP contribution in [0.25, 0.3) is 0 Å². The fourth-order valence-corrected chi connectivity index (χ4v) is 6.78. The third-order valence-corrected chi connectivity index (χ3v) is 9.06. The molecule has 0 heterocycles. The van der Waals surface area contributed by atoms with E-state index in [1.165, 1.54) is 89.9 Å². The van der Waals surface area contributed by atoms with Crippen molar-refractivity contribution in [3.63, 3.8) is 0 Å². The highest BCUT2D eigenvalue weighted by molar-refractivity contribution is 4.97. The van der Waals surface area contributed by atoms with E-state index in [2.05, 4.69) is 90.0 Å². The highest BCUT2D eigenvalue weighted by atomic mass is 14.5. The van der Waals surface area contributed by atoms with Gasteiger partial charge in [0.1, 0.15) is 0 Å². The monoisotopic (exact) mass is 541 g/mol.